The van der Waals surface area contributed by atoms with E-state index in [4.69, 9.17) is 0 Å². The molecule has 8 heteroatoms. The minimum atomic E-state index is -0.622. The Hall–Kier alpha value is -2.19. The minimum absolute atomic E-state index is 0.0203. The lowest BCUT2D eigenvalue weighted by Crippen LogP contribution is -2.31. The lowest BCUT2D eigenvalue weighted by atomic mass is 10.3. The van der Waals surface area contributed by atoms with Crippen LogP contribution in [0.3, 0.4) is 0 Å². The Balaban J connectivity index is 1.57. The summed E-state index contributed by atoms with van der Waals surface area (Å²) in [5, 5.41) is 2.11. The number of imide groups is 1. The van der Waals surface area contributed by atoms with Gasteiger partial charge in [-0.15, -0.1) is 11.8 Å². The van der Waals surface area contributed by atoms with Crippen LogP contribution in [-0.2, 0) is 14.4 Å². The number of nitrogens with zero attached hydrogens (tertiary/aromatic N) is 1. The number of carbonyl (C=O) groups is 3. The summed E-state index contributed by atoms with van der Waals surface area (Å²) in [4.78, 5) is 37.7. The molecule has 1 N–H and O–H groups in total. The van der Waals surface area contributed by atoms with E-state index in [1.807, 2.05) is 12.1 Å². The van der Waals surface area contributed by atoms with E-state index in [1.165, 1.54) is 24.3 Å². The Labute approximate surface area is 162 Å². The third kappa shape index (κ3) is 4.31. The van der Waals surface area contributed by atoms with Crippen molar-refractivity contribution >= 4 is 56.8 Å². The van der Waals surface area contributed by atoms with Crippen LogP contribution in [0.2, 0.25) is 0 Å². The fraction of sp³-hybridized carbons (Fsp3) is 0.167. The van der Waals surface area contributed by atoms with E-state index in [-0.39, 0.29) is 29.9 Å². The SMILES string of the molecule is O=C(CS[C@H]1CC(=O)N(c2ccc(F)cc2)C1=O)Nc1ccc(Br)cc1. The molecule has 0 bridgehead atoms. The largest absolute Gasteiger partial charge is 0.325 e. The van der Waals surface area contributed by atoms with Crippen LogP contribution in [0.1, 0.15) is 6.42 Å². The molecule has 0 aliphatic carbocycles. The topological polar surface area (TPSA) is 66.5 Å². The average molecular weight is 437 g/mol. The van der Waals surface area contributed by atoms with Crippen LogP contribution < -0.4 is 10.2 Å². The third-order valence-electron chi connectivity index (χ3n) is 3.73. The molecule has 1 saturated heterocycles. The van der Waals surface area contributed by atoms with E-state index in [2.05, 4.69) is 21.2 Å². The van der Waals surface area contributed by atoms with Crippen LogP contribution in [0.4, 0.5) is 15.8 Å². The molecule has 1 heterocycles. The van der Waals surface area contributed by atoms with Gasteiger partial charge in [0, 0.05) is 16.6 Å². The maximum absolute atomic E-state index is 13.0. The smallest absolute Gasteiger partial charge is 0.247 e. The Morgan fingerprint density at radius 2 is 1.81 bits per heavy atom. The predicted octanol–water partition coefficient (Wildman–Crippen LogP) is 3.59. The molecule has 1 aliphatic rings. The van der Waals surface area contributed by atoms with E-state index in [0.29, 0.717) is 11.4 Å². The average Bonchev–Trinajstić information content (AvgIpc) is 2.90. The second kappa shape index (κ2) is 8.01. The highest BCUT2D eigenvalue weighted by Gasteiger charge is 2.40. The maximum atomic E-state index is 13.0. The van der Waals surface area contributed by atoms with Crippen LogP contribution in [0.15, 0.2) is 53.0 Å². The first-order chi connectivity index (χ1) is 12.4. The molecule has 1 atom stereocenters. The lowest BCUT2D eigenvalue weighted by molar-refractivity contribution is -0.121. The number of halogens is 2. The Bertz CT molecular complexity index is 843. The second-order valence-electron chi connectivity index (χ2n) is 5.60. The van der Waals surface area contributed by atoms with Crippen molar-refractivity contribution in [1.82, 2.24) is 0 Å². The van der Waals surface area contributed by atoms with E-state index >= 15 is 0 Å². The molecule has 5 nitrogen and oxygen atoms in total. The Morgan fingerprint density at radius 1 is 1.15 bits per heavy atom. The maximum Gasteiger partial charge on any atom is 0.247 e. The molecule has 0 radical (unpaired) electrons. The van der Waals surface area contributed by atoms with E-state index in [1.54, 1.807) is 12.1 Å². The zero-order valence-corrected chi connectivity index (χ0v) is 15.8. The first kappa shape index (κ1) is 18.6. The van der Waals surface area contributed by atoms with Gasteiger partial charge < -0.3 is 5.32 Å². The van der Waals surface area contributed by atoms with Gasteiger partial charge in [0.25, 0.3) is 0 Å². The van der Waals surface area contributed by atoms with Gasteiger partial charge in [-0.1, -0.05) is 15.9 Å². The van der Waals surface area contributed by atoms with Crippen molar-refractivity contribution in [2.24, 2.45) is 0 Å². The van der Waals surface area contributed by atoms with Gasteiger partial charge in [-0.25, -0.2) is 9.29 Å². The van der Waals surface area contributed by atoms with Gasteiger partial charge in [-0.05, 0) is 48.5 Å². The summed E-state index contributed by atoms with van der Waals surface area (Å²) < 4.78 is 13.9. The van der Waals surface area contributed by atoms with Crippen molar-refractivity contribution in [2.45, 2.75) is 11.7 Å². The molecule has 134 valence electrons. The molecule has 1 fully saturated rings. The van der Waals surface area contributed by atoms with Gasteiger partial charge >= 0.3 is 0 Å². The summed E-state index contributed by atoms with van der Waals surface area (Å²) in [7, 11) is 0. The van der Waals surface area contributed by atoms with Gasteiger partial charge in [0.2, 0.25) is 17.7 Å². The van der Waals surface area contributed by atoms with Crippen LogP contribution in [-0.4, -0.2) is 28.7 Å². The number of carbonyl (C=O) groups excluding carboxylic acids is 3. The molecule has 3 rings (SSSR count). The van der Waals surface area contributed by atoms with Gasteiger partial charge in [-0.3, -0.25) is 14.4 Å². The van der Waals surface area contributed by atoms with Gasteiger partial charge in [0.15, 0.2) is 0 Å². The highest BCUT2D eigenvalue weighted by molar-refractivity contribution is 9.10. The van der Waals surface area contributed by atoms with Gasteiger partial charge in [0.05, 0.1) is 16.7 Å². The third-order valence-corrected chi connectivity index (χ3v) is 5.46. The van der Waals surface area contributed by atoms with Crippen LogP contribution in [0.5, 0.6) is 0 Å². The Kier molecular flexibility index (Phi) is 5.73. The molecule has 26 heavy (non-hydrogen) atoms. The quantitative estimate of drug-likeness (QED) is 0.727. The second-order valence-corrected chi connectivity index (χ2v) is 7.71. The zero-order chi connectivity index (χ0) is 18.7. The van der Waals surface area contributed by atoms with Crippen molar-refractivity contribution in [2.75, 3.05) is 16.0 Å². The molecular weight excluding hydrogens is 423 g/mol. The first-order valence-corrected chi connectivity index (χ1v) is 9.57. The van der Waals surface area contributed by atoms with Crippen molar-refractivity contribution < 1.29 is 18.8 Å². The fourth-order valence-corrected chi connectivity index (χ4v) is 3.70. The molecule has 3 amide bonds. The van der Waals surface area contributed by atoms with E-state index in [0.717, 1.165) is 21.1 Å². The lowest BCUT2D eigenvalue weighted by Gasteiger charge is -2.14. The number of thioether (sulfide) groups is 1. The summed E-state index contributed by atoms with van der Waals surface area (Å²) in [6.07, 6.45) is 0.0203. The van der Waals surface area contributed by atoms with E-state index in [9.17, 15) is 18.8 Å². The fourth-order valence-electron chi connectivity index (χ4n) is 2.50. The highest BCUT2D eigenvalue weighted by Crippen LogP contribution is 2.29. The number of benzene rings is 2. The molecule has 0 spiro atoms. The monoisotopic (exact) mass is 436 g/mol. The molecule has 0 unspecified atom stereocenters. The van der Waals surface area contributed by atoms with Crippen molar-refractivity contribution in [3.63, 3.8) is 0 Å². The summed E-state index contributed by atoms with van der Waals surface area (Å²) in [5.41, 5.74) is 0.990. The van der Waals surface area contributed by atoms with Crippen molar-refractivity contribution in [3.8, 4) is 0 Å². The molecule has 0 saturated carbocycles. The number of hydrogen-bond acceptors (Lipinski definition) is 4. The minimum Gasteiger partial charge on any atom is -0.325 e. The van der Waals surface area contributed by atoms with Gasteiger partial charge in [-0.2, -0.15) is 0 Å². The summed E-state index contributed by atoms with van der Waals surface area (Å²) in [6.45, 7) is 0. The molecule has 2 aromatic rings. The first-order valence-electron chi connectivity index (χ1n) is 7.73. The molecule has 2 aromatic carbocycles. The molecule has 0 aromatic heterocycles. The van der Waals surface area contributed by atoms with Crippen molar-refractivity contribution in [3.05, 3.63) is 58.8 Å². The molecular formula is C18H14BrFN2O3S. The number of rotatable bonds is 5. The van der Waals surface area contributed by atoms with E-state index < -0.39 is 11.1 Å². The number of nitrogens with one attached hydrogen (secondary N) is 1. The number of amides is 3. The van der Waals surface area contributed by atoms with Crippen LogP contribution in [0, 0.1) is 5.82 Å². The Morgan fingerprint density at radius 3 is 2.46 bits per heavy atom. The highest BCUT2D eigenvalue weighted by atomic mass is 79.9. The summed E-state index contributed by atoms with van der Waals surface area (Å²) in [6, 6.07) is 12.3. The summed E-state index contributed by atoms with van der Waals surface area (Å²) in [5.74, 6) is -1.38. The number of anilines is 2. The van der Waals surface area contributed by atoms with Crippen molar-refractivity contribution in [1.29, 1.82) is 0 Å². The standard InChI is InChI=1S/C18H14BrFN2O3S/c19-11-1-5-13(6-2-11)21-16(23)10-26-15-9-17(24)22(18(15)25)14-7-3-12(20)4-8-14/h1-8,15H,9-10H2,(H,21,23)/t15-/m0/s1. The van der Waals surface area contributed by atoms with Gasteiger partial charge in [0.1, 0.15) is 5.82 Å². The normalized spacial score (nSPS) is 16.8. The van der Waals surface area contributed by atoms with Crippen LogP contribution >= 0.6 is 27.7 Å². The number of hydrogen-bond donors (Lipinski definition) is 1. The van der Waals surface area contributed by atoms with Crippen LogP contribution in [0.25, 0.3) is 0 Å². The predicted molar refractivity (Wildman–Crippen MR) is 103 cm³/mol. The zero-order valence-electron chi connectivity index (χ0n) is 13.4. The summed E-state index contributed by atoms with van der Waals surface area (Å²) >= 11 is 4.44. The molecule has 1 aliphatic heterocycles.